The largest absolute Gasteiger partial charge is 0.497 e. The Morgan fingerprint density at radius 3 is 2.20 bits per heavy atom. The molecule has 1 N–H and O–H groups in total. The van der Waals surface area contributed by atoms with E-state index in [0.717, 1.165) is 28.1 Å². The summed E-state index contributed by atoms with van der Waals surface area (Å²) in [4.78, 5) is 25.7. The number of carbonyl (C=O) groups is 2. The summed E-state index contributed by atoms with van der Waals surface area (Å²) in [6.45, 7) is 0. The molecule has 0 aromatic heterocycles. The van der Waals surface area contributed by atoms with Crippen LogP contribution in [0.5, 0.6) is 17.2 Å². The molecule has 1 aliphatic heterocycles. The van der Waals surface area contributed by atoms with Crippen LogP contribution in [0, 0.1) is 0 Å². The van der Waals surface area contributed by atoms with Gasteiger partial charge in [0.2, 0.25) is 5.91 Å². The Morgan fingerprint density at radius 1 is 0.833 bits per heavy atom. The maximum atomic E-state index is 13.3. The summed E-state index contributed by atoms with van der Waals surface area (Å²) in [5, 5.41) is 2.96. The maximum absolute atomic E-state index is 13.3. The van der Waals surface area contributed by atoms with Crippen LogP contribution in [-0.2, 0) is 9.59 Å². The van der Waals surface area contributed by atoms with Gasteiger partial charge in [-0.15, -0.1) is 0 Å². The lowest BCUT2D eigenvalue weighted by molar-refractivity contribution is -0.122. The molecule has 6 heteroatoms. The van der Waals surface area contributed by atoms with Gasteiger partial charge < -0.3 is 19.5 Å². The van der Waals surface area contributed by atoms with Crippen LogP contribution in [0.1, 0.15) is 42.2 Å². The van der Waals surface area contributed by atoms with Crippen LogP contribution in [0.4, 0.5) is 0 Å². The van der Waals surface area contributed by atoms with Crippen molar-refractivity contribution < 1.29 is 23.8 Å². The second-order valence-corrected chi connectivity index (χ2v) is 7.61. The predicted molar refractivity (Wildman–Crippen MR) is 112 cm³/mol. The summed E-state index contributed by atoms with van der Waals surface area (Å²) in [5.74, 6) is 1.84. The van der Waals surface area contributed by atoms with Crippen molar-refractivity contribution in [3.8, 4) is 17.2 Å². The second-order valence-electron chi connectivity index (χ2n) is 7.61. The SMILES string of the molecule is COc1ccc([C@H]2CC(=O)NC3=C2C(=O)C[C@@H](c2cc(OC)ccc2OC)C3)cc1. The van der Waals surface area contributed by atoms with Gasteiger partial charge in [-0.3, -0.25) is 9.59 Å². The summed E-state index contributed by atoms with van der Waals surface area (Å²) in [5.41, 5.74) is 3.30. The highest BCUT2D eigenvalue weighted by Crippen LogP contribution is 2.45. The first-order valence-corrected chi connectivity index (χ1v) is 9.96. The van der Waals surface area contributed by atoms with E-state index in [9.17, 15) is 9.59 Å². The Bertz CT molecular complexity index is 1010. The zero-order valence-corrected chi connectivity index (χ0v) is 17.4. The molecule has 0 unspecified atom stereocenters. The van der Waals surface area contributed by atoms with Gasteiger partial charge in [0.15, 0.2) is 5.78 Å². The third-order valence-electron chi connectivity index (χ3n) is 5.93. The number of carbonyl (C=O) groups excluding carboxylic acids is 2. The fourth-order valence-corrected chi connectivity index (χ4v) is 4.46. The number of rotatable bonds is 5. The van der Waals surface area contributed by atoms with Crippen molar-refractivity contribution >= 4 is 11.7 Å². The molecule has 1 aliphatic carbocycles. The normalized spacial score (nSPS) is 21.0. The van der Waals surface area contributed by atoms with Crippen molar-refractivity contribution in [1.82, 2.24) is 5.32 Å². The molecule has 2 atom stereocenters. The van der Waals surface area contributed by atoms with E-state index < -0.39 is 0 Å². The lowest BCUT2D eigenvalue weighted by atomic mass is 9.73. The van der Waals surface area contributed by atoms with Gasteiger partial charge in [-0.25, -0.2) is 0 Å². The Hall–Kier alpha value is -3.28. The van der Waals surface area contributed by atoms with Crippen LogP contribution >= 0.6 is 0 Å². The van der Waals surface area contributed by atoms with Crippen LogP contribution < -0.4 is 19.5 Å². The number of amides is 1. The Morgan fingerprint density at radius 2 is 1.53 bits per heavy atom. The number of nitrogens with one attached hydrogen (secondary N) is 1. The van der Waals surface area contributed by atoms with Gasteiger partial charge in [-0.2, -0.15) is 0 Å². The molecule has 156 valence electrons. The zero-order chi connectivity index (χ0) is 21.3. The quantitative estimate of drug-likeness (QED) is 0.818. The Balaban J connectivity index is 1.71. The minimum atomic E-state index is -0.236. The topological polar surface area (TPSA) is 73.9 Å². The Labute approximate surface area is 175 Å². The van der Waals surface area contributed by atoms with E-state index in [4.69, 9.17) is 14.2 Å². The van der Waals surface area contributed by atoms with Gasteiger partial charge >= 0.3 is 0 Å². The smallest absolute Gasteiger partial charge is 0.225 e. The highest BCUT2D eigenvalue weighted by molar-refractivity contribution is 6.02. The van der Waals surface area contributed by atoms with Gasteiger partial charge in [-0.05, 0) is 42.3 Å². The third-order valence-corrected chi connectivity index (χ3v) is 5.93. The van der Waals surface area contributed by atoms with E-state index in [1.807, 2.05) is 42.5 Å². The zero-order valence-electron chi connectivity index (χ0n) is 17.4. The lowest BCUT2D eigenvalue weighted by Gasteiger charge is -2.35. The molecule has 2 aliphatic rings. The first kappa shape index (κ1) is 20.0. The number of hydrogen-bond donors (Lipinski definition) is 1. The first-order chi connectivity index (χ1) is 14.5. The standard InChI is InChI=1S/C24H25NO5/c1-28-16-6-4-14(5-7-16)19-13-23(27)25-20-10-15(11-21(26)24(19)20)18-12-17(29-2)8-9-22(18)30-3/h4-9,12,15,19H,10-11,13H2,1-3H3,(H,25,27)/t15-,19+/m0/s1. The van der Waals surface area contributed by atoms with Gasteiger partial charge in [0.05, 0.1) is 21.3 Å². The van der Waals surface area contributed by atoms with E-state index in [-0.39, 0.29) is 29.9 Å². The van der Waals surface area contributed by atoms with E-state index >= 15 is 0 Å². The van der Waals surface area contributed by atoms with Crippen molar-refractivity contribution in [2.75, 3.05) is 21.3 Å². The fraction of sp³-hybridized carbons (Fsp3) is 0.333. The van der Waals surface area contributed by atoms with E-state index in [2.05, 4.69) is 5.32 Å². The molecule has 0 spiro atoms. The van der Waals surface area contributed by atoms with E-state index in [0.29, 0.717) is 24.3 Å². The summed E-state index contributed by atoms with van der Waals surface area (Å²) >= 11 is 0. The molecule has 0 saturated carbocycles. The van der Waals surface area contributed by atoms with Gasteiger partial charge in [0, 0.05) is 41.5 Å². The molecule has 2 aromatic rings. The molecule has 0 radical (unpaired) electrons. The first-order valence-electron chi connectivity index (χ1n) is 9.96. The maximum Gasteiger partial charge on any atom is 0.225 e. The number of benzene rings is 2. The van der Waals surface area contributed by atoms with E-state index in [1.54, 1.807) is 21.3 Å². The predicted octanol–water partition coefficient (Wildman–Crippen LogP) is 3.72. The molecule has 4 rings (SSSR count). The van der Waals surface area contributed by atoms with Gasteiger partial charge in [0.1, 0.15) is 17.2 Å². The number of methoxy groups -OCH3 is 3. The number of ether oxygens (including phenoxy) is 3. The number of allylic oxidation sites excluding steroid dienone is 2. The van der Waals surface area contributed by atoms with Crippen LogP contribution in [-0.4, -0.2) is 33.0 Å². The highest BCUT2D eigenvalue weighted by atomic mass is 16.5. The molecule has 0 saturated heterocycles. The molecule has 0 bridgehead atoms. The van der Waals surface area contributed by atoms with Gasteiger partial charge in [-0.1, -0.05) is 12.1 Å². The molecule has 1 amide bonds. The van der Waals surface area contributed by atoms with Crippen LogP contribution in [0.15, 0.2) is 53.7 Å². The van der Waals surface area contributed by atoms with Crippen molar-refractivity contribution in [3.05, 3.63) is 64.9 Å². The fourth-order valence-electron chi connectivity index (χ4n) is 4.46. The van der Waals surface area contributed by atoms with Gasteiger partial charge in [0.25, 0.3) is 0 Å². The molecule has 6 nitrogen and oxygen atoms in total. The summed E-state index contributed by atoms with van der Waals surface area (Å²) in [7, 11) is 4.84. The summed E-state index contributed by atoms with van der Waals surface area (Å²) < 4.78 is 16.1. The van der Waals surface area contributed by atoms with E-state index in [1.165, 1.54) is 0 Å². The van der Waals surface area contributed by atoms with Crippen LogP contribution in [0.3, 0.4) is 0 Å². The molecule has 2 aromatic carbocycles. The summed E-state index contributed by atoms with van der Waals surface area (Å²) in [6, 6.07) is 13.2. The van der Waals surface area contributed by atoms with Crippen molar-refractivity contribution in [2.24, 2.45) is 0 Å². The molecule has 0 fully saturated rings. The number of hydrogen-bond acceptors (Lipinski definition) is 5. The molecule has 30 heavy (non-hydrogen) atoms. The Kier molecular flexibility index (Phi) is 5.48. The van der Waals surface area contributed by atoms with Crippen molar-refractivity contribution in [1.29, 1.82) is 0 Å². The molecular formula is C24H25NO5. The molecule has 1 heterocycles. The average molecular weight is 407 g/mol. The van der Waals surface area contributed by atoms with Crippen LogP contribution in [0.25, 0.3) is 0 Å². The average Bonchev–Trinajstić information content (AvgIpc) is 2.77. The minimum absolute atomic E-state index is 0.0620. The molecular weight excluding hydrogens is 382 g/mol. The minimum Gasteiger partial charge on any atom is -0.497 e. The lowest BCUT2D eigenvalue weighted by Crippen LogP contribution is -2.38. The number of ketones is 1. The number of Topliss-reactive ketones (excluding diaryl/α,β-unsaturated/α-hetero) is 1. The highest BCUT2D eigenvalue weighted by Gasteiger charge is 2.38. The van der Waals surface area contributed by atoms with Crippen molar-refractivity contribution in [2.45, 2.75) is 31.1 Å². The van der Waals surface area contributed by atoms with Crippen molar-refractivity contribution in [3.63, 3.8) is 0 Å². The third kappa shape index (κ3) is 3.65. The second kappa shape index (κ2) is 8.22. The summed E-state index contributed by atoms with van der Waals surface area (Å²) in [6.07, 6.45) is 1.21. The monoisotopic (exact) mass is 407 g/mol. The van der Waals surface area contributed by atoms with Crippen LogP contribution in [0.2, 0.25) is 0 Å².